The Hall–Kier alpha value is -1.00. The van der Waals surface area contributed by atoms with E-state index < -0.39 is 29.8 Å². The molecule has 0 aliphatic carbocycles. The molecule has 0 unspecified atom stereocenters. The van der Waals surface area contributed by atoms with Crippen molar-refractivity contribution in [1.29, 1.82) is 0 Å². The van der Waals surface area contributed by atoms with Gasteiger partial charge in [0.05, 0.1) is 5.56 Å². The van der Waals surface area contributed by atoms with E-state index in [1.54, 1.807) is 0 Å². The molecule has 0 aliphatic rings. The summed E-state index contributed by atoms with van der Waals surface area (Å²) in [5.74, 6) is -1.17. The molecule has 0 spiro atoms. The average molecular weight is 367 g/mol. The summed E-state index contributed by atoms with van der Waals surface area (Å²) in [6.45, 7) is 0. The molecule has 0 fully saturated rings. The zero-order valence-electron chi connectivity index (χ0n) is 7.76. The lowest BCUT2D eigenvalue weighted by Gasteiger charge is -2.12. The monoisotopic (exact) mass is 367 g/mol. The lowest BCUT2D eigenvalue weighted by atomic mass is 10.1. The molecule has 1 heterocycles. The van der Waals surface area contributed by atoms with E-state index >= 15 is 0 Å². The number of carbonyl (C=O) groups is 1. The summed E-state index contributed by atoms with van der Waals surface area (Å²) in [5.41, 5.74) is -1.75. The quantitative estimate of drug-likeness (QED) is 0.356. The Morgan fingerprint density at radius 2 is 2.00 bits per heavy atom. The summed E-state index contributed by atoms with van der Waals surface area (Å²) < 4.78 is 64.1. The van der Waals surface area contributed by atoms with Crippen LogP contribution in [0.1, 0.15) is 22.3 Å². The molecule has 0 saturated heterocycles. The Balaban J connectivity index is 3.33. The summed E-state index contributed by atoms with van der Waals surface area (Å²) in [7, 11) is 0. The van der Waals surface area contributed by atoms with Gasteiger partial charge in [0.15, 0.2) is 6.29 Å². The fraction of sp³-hybridized carbons (Fsp3) is 0.250. The molecule has 3 nitrogen and oxygen atoms in total. The van der Waals surface area contributed by atoms with E-state index in [0.29, 0.717) is 0 Å². The fourth-order valence-corrected chi connectivity index (χ4v) is 1.56. The van der Waals surface area contributed by atoms with E-state index in [1.165, 1.54) is 22.6 Å². The Labute approximate surface area is 105 Å². The van der Waals surface area contributed by atoms with Crippen LogP contribution in [0.25, 0.3) is 0 Å². The minimum absolute atomic E-state index is 0.136. The molecule has 0 amide bonds. The molecule has 0 N–H and O–H groups in total. The molecule has 0 radical (unpaired) electrons. The van der Waals surface area contributed by atoms with E-state index in [2.05, 4.69) is 9.72 Å². The van der Waals surface area contributed by atoms with Crippen LogP contribution in [-0.4, -0.2) is 17.6 Å². The minimum atomic E-state index is -5.10. The first-order valence-corrected chi connectivity index (χ1v) is 5.02. The second kappa shape index (κ2) is 5.10. The van der Waals surface area contributed by atoms with Crippen molar-refractivity contribution in [3.05, 3.63) is 20.9 Å². The summed E-state index contributed by atoms with van der Waals surface area (Å²) in [6, 6.07) is 0.818. The molecule has 0 bridgehead atoms. The molecule has 0 aliphatic heterocycles. The number of nitrogens with zero attached hydrogens (tertiary/aromatic N) is 1. The fourth-order valence-electron chi connectivity index (χ4n) is 1.01. The summed E-state index contributed by atoms with van der Waals surface area (Å²) in [4.78, 5) is 13.8. The van der Waals surface area contributed by atoms with Gasteiger partial charge in [-0.25, -0.2) is 13.8 Å². The van der Waals surface area contributed by atoms with Gasteiger partial charge in [0.25, 0.3) is 6.43 Å². The van der Waals surface area contributed by atoms with Gasteiger partial charge in [-0.05, 0) is 28.7 Å². The predicted molar refractivity (Wildman–Crippen MR) is 54.0 cm³/mol. The van der Waals surface area contributed by atoms with Gasteiger partial charge in [-0.2, -0.15) is 0 Å². The molecule has 94 valence electrons. The van der Waals surface area contributed by atoms with Gasteiger partial charge in [-0.15, -0.1) is 13.2 Å². The van der Waals surface area contributed by atoms with E-state index in [4.69, 9.17) is 0 Å². The average Bonchev–Trinajstić information content (AvgIpc) is 2.14. The van der Waals surface area contributed by atoms with Gasteiger partial charge in [0.2, 0.25) is 5.88 Å². The molecule has 0 saturated carbocycles. The topological polar surface area (TPSA) is 39.2 Å². The van der Waals surface area contributed by atoms with Gasteiger partial charge in [-0.3, -0.25) is 4.79 Å². The molecule has 17 heavy (non-hydrogen) atoms. The van der Waals surface area contributed by atoms with Crippen LogP contribution in [0.4, 0.5) is 22.0 Å². The number of rotatable bonds is 3. The van der Waals surface area contributed by atoms with Crippen molar-refractivity contribution in [1.82, 2.24) is 4.98 Å². The number of aromatic nitrogens is 1. The van der Waals surface area contributed by atoms with E-state index in [0.717, 1.165) is 6.07 Å². The van der Waals surface area contributed by atoms with Crippen LogP contribution in [0.2, 0.25) is 0 Å². The van der Waals surface area contributed by atoms with Crippen molar-refractivity contribution < 1.29 is 31.5 Å². The van der Waals surface area contributed by atoms with Crippen molar-refractivity contribution in [2.45, 2.75) is 12.8 Å². The Kier molecular flexibility index (Phi) is 4.22. The second-order valence-electron chi connectivity index (χ2n) is 2.72. The number of hydrogen-bond donors (Lipinski definition) is 0. The van der Waals surface area contributed by atoms with Crippen LogP contribution in [0.5, 0.6) is 5.88 Å². The Morgan fingerprint density at radius 1 is 1.41 bits per heavy atom. The first-order valence-electron chi connectivity index (χ1n) is 3.94. The highest BCUT2D eigenvalue weighted by atomic mass is 127. The molecule has 1 aromatic heterocycles. The molecule has 0 aromatic carbocycles. The normalized spacial score (nSPS) is 11.7. The largest absolute Gasteiger partial charge is 0.574 e. The van der Waals surface area contributed by atoms with Crippen molar-refractivity contribution in [3.8, 4) is 5.88 Å². The van der Waals surface area contributed by atoms with E-state index in [9.17, 15) is 26.7 Å². The van der Waals surface area contributed by atoms with Gasteiger partial charge in [0.1, 0.15) is 3.70 Å². The van der Waals surface area contributed by atoms with Gasteiger partial charge in [-0.1, -0.05) is 0 Å². The summed E-state index contributed by atoms with van der Waals surface area (Å²) >= 11 is 1.44. The van der Waals surface area contributed by atoms with Gasteiger partial charge >= 0.3 is 6.36 Å². The highest BCUT2D eigenvalue weighted by Crippen LogP contribution is 2.31. The first-order chi connectivity index (χ1) is 7.74. The van der Waals surface area contributed by atoms with Crippen LogP contribution < -0.4 is 4.74 Å². The molecule has 9 heteroatoms. The maximum Gasteiger partial charge on any atom is 0.574 e. The zero-order valence-corrected chi connectivity index (χ0v) is 9.92. The number of hydrogen-bond acceptors (Lipinski definition) is 3. The van der Waals surface area contributed by atoms with Crippen molar-refractivity contribution in [2.75, 3.05) is 0 Å². The SMILES string of the molecule is O=Cc1c(C(F)F)cc(I)nc1OC(F)(F)F. The van der Waals surface area contributed by atoms with Crippen LogP contribution in [-0.2, 0) is 0 Å². The molecule has 0 atom stereocenters. The van der Waals surface area contributed by atoms with Crippen molar-refractivity contribution in [2.24, 2.45) is 0 Å². The minimum Gasteiger partial charge on any atom is -0.387 e. The van der Waals surface area contributed by atoms with Crippen molar-refractivity contribution >= 4 is 28.9 Å². The lowest BCUT2D eigenvalue weighted by Crippen LogP contribution is -2.20. The van der Waals surface area contributed by atoms with Crippen LogP contribution in [0, 0.1) is 3.70 Å². The van der Waals surface area contributed by atoms with E-state index in [1.807, 2.05) is 0 Å². The third-order valence-electron chi connectivity index (χ3n) is 1.59. The maximum absolute atomic E-state index is 12.5. The third kappa shape index (κ3) is 3.75. The Bertz CT molecular complexity index is 435. The van der Waals surface area contributed by atoms with Crippen LogP contribution in [0.15, 0.2) is 6.07 Å². The molecular formula is C8H3F5INO2. The lowest BCUT2D eigenvalue weighted by molar-refractivity contribution is -0.276. The number of halogens is 6. The summed E-state index contributed by atoms with van der Waals surface area (Å²) in [5, 5.41) is 0. The summed E-state index contributed by atoms with van der Waals surface area (Å²) in [6.07, 6.45) is -8.34. The maximum atomic E-state index is 12.5. The second-order valence-corrected chi connectivity index (χ2v) is 3.82. The first kappa shape index (κ1) is 14.1. The van der Waals surface area contributed by atoms with Crippen LogP contribution in [0.3, 0.4) is 0 Å². The predicted octanol–water partition coefficient (Wildman–Crippen LogP) is 3.33. The van der Waals surface area contributed by atoms with Crippen LogP contribution >= 0.6 is 22.6 Å². The van der Waals surface area contributed by atoms with E-state index in [-0.39, 0.29) is 9.99 Å². The molecular weight excluding hydrogens is 364 g/mol. The molecule has 1 rings (SSSR count). The number of alkyl halides is 5. The Morgan fingerprint density at radius 3 is 2.41 bits per heavy atom. The smallest absolute Gasteiger partial charge is 0.387 e. The number of pyridine rings is 1. The highest BCUT2D eigenvalue weighted by molar-refractivity contribution is 14.1. The zero-order chi connectivity index (χ0) is 13.2. The standard InChI is InChI=1S/C8H3F5INO2/c9-6(10)3-1-5(14)15-7(4(3)2-16)17-8(11,12)13/h1-2,6H. The third-order valence-corrected chi connectivity index (χ3v) is 2.14. The van der Waals surface area contributed by atoms with Gasteiger partial charge in [0, 0.05) is 5.56 Å². The number of aldehydes is 1. The number of carbonyl (C=O) groups excluding carboxylic acids is 1. The number of ether oxygens (including phenoxy) is 1. The van der Waals surface area contributed by atoms with Crippen molar-refractivity contribution in [3.63, 3.8) is 0 Å². The molecule has 1 aromatic rings. The highest BCUT2D eigenvalue weighted by Gasteiger charge is 2.34. The van der Waals surface area contributed by atoms with Gasteiger partial charge < -0.3 is 4.74 Å².